The van der Waals surface area contributed by atoms with Crippen LogP contribution in [0.1, 0.15) is 37.3 Å². The fourth-order valence-electron chi connectivity index (χ4n) is 5.15. The van der Waals surface area contributed by atoms with E-state index in [1.165, 1.54) is 27.8 Å². The van der Waals surface area contributed by atoms with Crippen LogP contribution in [0.3, 0.4) is 0 Å². The van der Waals surface area contributed by atoms with Gasteiger partial charge >= 0.3 is 0 Å². The summed E-state index contributed by atoms with van der Waals surface area (Å²) in [5.74, 6) is 0.348. The lowest BCUT2D eigenvalue weighted by atomic mass is 9.65. The first-order valence-corrected chi connectivity index (χ1v) is 10.5. The maximum atomic E-state index is 6.28. The average Bonchev–Trinajstić information content (AvgIpc) is 2.90. The molecular formula is C28H29N. The van der Waals surface area contributed by atoms with Crippen LogP contribution in [-0.2, 0) is 5.41 Å². The number of benzene rings is 2. The summed E-state index contributed by atoms with van der Waals surface area (Å²) >= 11 is 0. The Morgan fingerprint density at radius 1 is 1.00 bits per heavy atom. The minimum atomic E-state index is -0.315. The highest BCUT2D eigenvalue weighted by Crippen LogP contribution is 2.58. The van der Waals surface area contributed by atoms with Gasteiger partial charge in [0.2, 0.25) is 0 Å². The largest absolute Gasteiger partial charge is 0.402 e. The Morgan fingerprint density at radius 3 is 2.17 bits per heavy atom. The lowest BCUT2D eigenvalue weighted by Crippen LogP contribution is -2.30. The molecule has 4 rings (SSSR count). The fraction of sp³-hybridized carbons (Fsp3) is 0.214. The molecule has 0 amide bonds. The summed E-state index contributed by atoms with van der Waals surface area (Å²) < 4.78 is 0. The summed E-state index contributed by atoms with van der Waals surface area (Å²) in [6.07, 6.45) is 13.8. The summed E-state index contributed by atoms with van der Waals surface area (Å²) in [6.45, 7) is 6.38. The third kappa shape index (κ3) is 3.11. The predicted molar refractivity (Wildman–Crippen MR) is 123 cm³/mol. The number of rotatable bonds is 5. The maximum Gasteiger partial charge on any atom is 0.0667 e. The molecular weight excluding hydrogens is 350 g/mol. The van der Waals surface area contributed by atoms with E-state index >= 15 is 0 Å². The van der Waals surface area contributed by atoms with Crippen LogP contribution in [0, 0.1) is 5.92 Å². The van der Waals surface area contributed by atoms with Gasteiger partial charge in [0.05, 0.1) is 5.41 Å². The highest BCUT2D eigenvalue weighted by molar-refractivity contribution is 5.68. The molecule has 146 valence electrons. The molecule has 1 atom stereocenters. The minimum absolute atomic E-state index is 0.315. The van der Waals surface area contributed by atoms with Crippen molar-refractivity contribution in [1.29, 1.82) is 0 Å². The summed E-state index contributed by atoms with van der Waals surface area (Å²) in [5.41, 5.74) is 13.8. The highest BCUT2D eigenvalue weighted by Gasteiger charge is 2.50. The van der Waals surface area contributed by atoms with Crippen LogP contribution in [0.25, 0.3) is 0 Å². The van der Waals surface area contributed by atoms with Crippen molar-refractivity contribution in [2.24, 2.45) is 11.7 Å². The van der Waals surface area contributed by atoms with Crippen LogP contribution in [0.4, 0.5) is 0 Å². The zero-order valence-electron chi connectivity index (χ0n) is 17.1. The van der Waals surface area contributed by atoms with Crippen LogP contribution >= 0.6 is 0 Å². The monoisotopic (exact) mass is 379 g/mol. The van der Waals surface area contributed by atoms with Crippen molar-refractivity contribution >= 4 is 0 Å². The van der Waals surface area contributed by atoms with E-state index in [-0.39, 0.29) is 5.41 Å². The van der Waals surface area contributed by atoms with Gasteiger partial charge in [0.15, 0.2) is 0 Å². The molecule has 2 aliphatic carbocycles. The normalized spacial score (nSPS) is 20.8. The van der Waals surface area contributed by atoms with E-state index in [4.69, 9.17) is 5.73 Å². The quantitative estimate of drug-likeness (QED) is 0.581. The Balaban J connectivity index is 2.09. The zero-order chi connectivity index (χ0) is 20.3. The summed E-state index contributed by atoms with van der Waals surface area (Å²) in [7, 11) is 0. The second kappa shape index (κ2) is 8.13. The van der Waals surface area contributed by atoms with E-state index < -0.39 is 0 Å². The van der Waals surface area contributed by atoms with Gasteiger partial charge in [-0.2, -0.15) is 0 Å². The van der Waals surface area contributed by atoms with Crippen LogP contribution in [0.5, 0.6) is 0 Å². The lowest BCUT2D eigenvalue weighted by molar-refractivity contribution is 0.652. The van der Waals surface area contributed by atoms with Crippen molar-refractivity contribution in [1.82, 2.24) is 0 Å². The molecule has 2 aromatic rings. The topological polar surface area (TPSA) is 26.0 Å². The fourth-order valence-corrected chi connectivity index (χ4v) is 5.15. The number of hydrogen-bond acceptors (Lipinski definition) is 1. The van der Waals surface area contributed by atoms with Gasteiger partial charge in [-0.1, -0.05) is 103 Å². The van der Waals surface area contributed by atoms with Gasteiger partial charge in [0, 0.05) is 18.0 Å². The number of allylic oxidation sites excluding steroid dienone is 8. The smallest absolute Gasteiger partial charge is 0.0667 e. The van der Waals surface area contributed by atoms with Gasteiger partial charge in [0.25, 0.3) is 0 Å². The number of fused-ring (bicyclic) bond motifs is 1. The van der Waals surface area contributed by atoms with Gasteiger partial charge in [-0.25, -0.2) is 0 Å². The molecule has 29 heavy (non-hydrogen) atoms. The first kappa shape index (κ1) is 19.3. The van der Waals surface area contributed by atoms with Crippen LogP contribution in [-0.4, -0.2) is 0 Å². The van der Waals surface area contributed by atoms with Crippen molar-refractivity contribution in [3.8, 4) is 0 Å². The molecule has 0 bridgehead atoms. The van der Waals surface area contributed by atoms with Gasteiger partial charge in [0.1, 0.15) is 0 Å². The van der Waals surface area contributed by atoms with Gasteiger partial charge < -0.3 is 5.73 Å². The van der Waals surface area contributed by atoms with E-state index in [2.05, 4.69) is 105 Å². The molecule has 0 saturated heterocycles. The highest BCUT2D eigenvalue weighted by atomic mass is 14.6. The van der Waals surface area contributed by atoms with E-state index in [1.54, 1.807) is 0 Å². The third-order valence-corrected chi connectivity index (χ3v) is 6.34. The van der Waals surface area contributed by atoms with Gasteiger partial charge in [-0.3, -0.25) is 0 Å². The molecule has 0 spiro atoms. The molecule has 0 heterocycles. The van der Waals surface area contributed by atoms with E-state index in [1.807, 2.05) is 0 Å². The Hall–Kier alpha value is -3.06. The standard InChI is InChI=1S/C28H29N/c1-3-5-16-24-25-19-17-23(29)18-20-27(25)28(26(24)4-2,21-12-8-6-9-13-21)22-14-10-7-11-15-22/h3-15,17,20,25H,2,16,18-19,29H2,1H3/b5-3-. The Kier molecular flexibility index (Phi) is 5.40. The molecule has 1 heteroatoms. The Bertz CT molecular complexity index is 963. The summed E-state index contributed by atoms with van der Waals surface area (Å²) in [5, 5.41) is 0. The molecule has 1 unspecified atom stereocenters. The molecule has 2 aromatic carbocycles. The molecule has 0 fully saturated rings. The van der Waals surface area contributed by atoms with E-state index in [9.17, 15) is 0 Å². The van der Waals surface area contributed by atoms with Crippen molar-refractivity contribution in [2.45, 2.75) is 31.6 Å². The number of nitrogens with two attached hydrogens (primary N) is 1. The molecule has 1 nitrogen and oxygen atoms in total. The van der Waals surface area contributed by atoms with Crippen molar-refractivity contribution in [3.05, 3.63) is 131 Å². The first-order chi connectivity index (χ1) is 14.2. The van der Waals surface area contributed by atoms with Crippen molar-refractivity contribution < 1.29 is 0 Å². The Labute approximate surface area is 174 Å². The number of hydrogen-bond donors (Lipinski definition) is 1. The summed E-state index contributed by atoms with van der Waals surface area (Å²) in [4.78, 5) is 0. The van der Waals surface area contributed by atoms with Gasteiger partial charge in [-0.15, -0.1) is 0 Å². The van der Waals surface area contributed by atoms with Crippen molar-refractivity contribution in [3.63, 3.8) is 0 Å². The summed E-state index contributed by atoms with van der Waals surface area (Å²) in [6, 6.07) is 21.8. The second-order valence-corrected chi connectivity index (χ2v) is 7.83. The van der Waals surface area contributed by atoms with E-state index in [0.717, 1.165) is 25.0 Å². The molecule has 2 N–H and O–H groups in total. The van der Waals surface area contributed by atoms with E-state index in [0.29, 0.717) is 5.92 Å². The second-order valence-electron chi connectivity index (χ2n) is 7.83. The average molecular weight is 380 g/mol. The molecule has 0 saturated carbocycles. The van der Waals surface area contributed by atoms with Gasteiger partial charge in [-0.05, 0) is 42.0 Å². The molecule has 2 aliphatic rings. The molecule has 0 aromatic heterocycles. The van der Waals surface area contributed by atoms with Crippen LogP contribution < -0.4 is 5.73 Å². The third-order valence-electron chi connectivity index (χ3n) is 6.34. The van der Waals surface area contributed by atoms with Crippen molar-refractivity contribution in [2.75, 3.05) is 0 Å². The first-order valence-electron chi connectivity index (χ1n) is 10.5. The molecule has 0 radical (unpaired) electrons. The van der Waals surface area contributed by atoms with Crippen LogP contribution in [0.15, 0.2) is 120 Å². The van der Waals surface area contributed by atoms with Crippen LogP contribution in [0.2, 0.25) is 0 Å². The predicted octanol–water partition coefficient (Wildman–Crippen LogP) is 6.61. The SMILES string of the molecule is C=CC1=C(C/C=C\C)C2CC=C(N)CC=C2C1(c1ccccc1)c1ccccc1. The lowest BCUT2D eigenvalue weighted by Gasteiger charge is -2.36. The maximum absolute atomic E-state index is 6.28. The zero-order valence-corrected chi connectivity index (χ0v) is 17.1. The Morgan fingerprint density at radius 2 is 1.62 bits per heavy atom. The minimum Gasteiger partial charge on any atom is -0.402 e. The molecule has 0 aliphatic heterocycles.